The number of nitrogens with zero attached hydrogens (tertiary/aromatic N) is 2. The standard InChI is InChI=1S/C26H30BN2/c1-18-19(2)29(27(3)24-15-9-7-13-21(18)24)26-17-23(20-11-5-6-12-20)22-14-8-10-16-25(22)28(26)4/h7-10,13-17,20H,5-6,11-12H2,1-4H3/q+1. The first-order valence-corrected chi connectivity index (χ1v) is 11.1. The Balaban J connectivity index is 1.75. The van der Waals surface area contributed by atoms with E-state index in [0.717, 1.165) is 0 Å². The lowest BCUT2D eigenvalue weighted by Crippen LogP contribution is -2.53. The van der Waals surface area contributed by atoms with Crippen molar-refractivity contribution >= 4 is 34.6 Å². The predicted molar refractivity (Wildman–Crippen MR) is 125 cm³/mol. The minimum absolute atomic E-state index is 0.318. The van der Waals surface area contributed by atoms with Gasteiger partial charge in [-0.2, -0.15) is 0 Å². The van der Waals surface area contributed by atoms with Gasteiger partial charge < -0.3 is 0 Å². The van der Waals surface area contributed by atoms with Gasteiger partial charge in [0.2, 0.25) is 0 Å². The molecule has 5 rings (SSSR count). The lowest BCUT2D eigenvalue weighted by molar-refractivity contribution is -0.631. The molecule has 146 valence electrons. The fourth-order valence-electron chi connectivity index (χ4n) is 5.63. The fourth-order valence-corrected chi connectivity index (χ4v) is 5.63. The van der Waals surface area contributed by atoms with Gasteiger partial charge in [0.25, 0.3) is 5.82 Å². The second kappa shape index (κ2) is 7.05. The number of rotatable bonds is 2. The van der Waals surface area contributed by atoms with Crippen molar-refractivity contribution in [3.8, 4) is 0 Å². The van der Waals surface area contributed by atoms with Gasteiger partial charge in [0.05, 0.1) is 12.7 Å². The van der Waals surface area contributed by atoms with Crippen molar-refractivity contribution in [1.82, 2.24) is 0 Å². The number of aryl methyl sites for hydroxylation is 1. The van der Waals surface area contributed by atoms with Crippen LogP contribution in [0, 0.1) is 0 Å². The Morgan fingerprint density at radius 3 is 2.45 bits per heavy atom. The summed E-state index contributed by atoms with van der Waals surface area (Å²) in [6, 6.07) is 20.4. The van der Waals surface area contributed by atoms with Crippen molar-refractivity contribution in [2.45, 2.75) is 52.3 Å². The second-order valence-electron chi connectivity index (χ2n) is 8.86. The highest BCUT2D eigenvalue weighted by molar-refractivity contribution is 6.77. The zero-order valence-corrected chi connectivity index (χ0v) is 18.1. The van der Waals surface area contributed by atoms with Crippen molar-refractivity contribution < 1.29 is 4.57 Å². The molecule has 1 aromatic heterocycles. The summed E-state index contributed by atoms with van der Waals surface area (Å²) in [7, 11) is 2.23. The highest BCUT2D eigenvalue weighted by Crippen LogP contribution is 2.39. The molecule has 2 aliphatic rings. The molecule has 29 heavy (non-hydrogen) atoms. The van der Waals surface area contributed by atoms with Gasteiger partial charge in [-0.05, 0) is 67.7 Å². The average Bonchev–Trinajstić information content (AvgIpc) is 3.28. The molecule has 1 fully saturated rings. The van der Waals surface area contributed by atoms with E-state index in [4.69, 9.17) is 0 Å². The van der Waals surface area contributed by atoms with Crippen molar-refractivity contribution in [3.63, 3.8) is 0 Å². The third-order valence-electron chi connectivity index (χ3n) is 7.35. The Bertz CT molecular complexity index is 1120. The highest BCUT2D eigenvalue weighted by Gasteiger charge is 2.39. The van der Waals surface area contributed by atoms with E-state index in [1.54, 1.807) is 5.56 Å². The van der Waals surface area contributed by atoms with Crippen LogP contribution in [-0.2, 0) is 7.05 Å². The van der Waals surface area contributed by atoms with Crippen LogP contribution >= 0.6 is 0 Å². The molecular weight excluding hydrogens is 351 g/mol. The first kappa shape index (κ1) is 18.5. The minimum atomic E-state index is 0.318. The van der Waals surface area contributed by atoms with Crippen LogP contribution in [0.3, 0.4) is 0 Å². The number of anilines is 1. The number of allylic oxidation sites excluding steroid dienone is 2. The van der Waals surface area contributed by atoms with Gasteiger partial charge in [-0.3, -0.25) is 4.81 Å². The molecule has 2 nitrogen and oxygen atoms in total. The molecule has 0 unspecified atom stereocenters. The van der Waals surface area contributed by atoms with E-state index in [-0.39, 0.29) is 0 Å². The van der Waals surface area contributed by atoms with Crippen LogP contribution in [0.15, 0.2) is 60.3 Å². The van der Waals surface area contributed by atoms with E-state index < -0.39 is 0 Å². The van der Waals surface area contributed by atoms with Crippen LogP contribution in [0.1, 0.15) is 56.6 Å². The maximum Gasteiger partial charge on any atom is 0.409 e. The Hall–Kier alpha value is -2.55. The molecule has 0 bridgehead atoms. The van der Waals surface area contributed by atoms with Crippen molar-refractivity contribution in [3.05, 3.63) is 71.4 Å². The number of benzene rings is 2. The Kier molecular flexibility index (Phi) is 4.50. The Morgan fingerprint density at radius 1 is 0.966 bits per heavy atom. The zero-order valence-electron chi connectivity index (χ0n) is 18.1. The molecule has 0 saturated heterocycles. The van der Waals surface area contributed by atoms with Gasteiger partial charge in [-0.15, -0.1) is 0 Å². The maximum absolute atomic E-state index is 2.56. The summed E-state index contributed by atoms with van der Waals surface area (Å²) in [6.45, 7) is 7.22. The maximum atomic E-state index is 2.56. The molecular formula is C26H30BN2+. The molecule has 0 atom stereocenters. The molecule has 3 aromatic rings. The Labute approximate surface area is 175 Å². The number of para-hydroxylation sites is 1. The molecule has 1 saturated carbocycles. The van der Waals surface area contributed by atoms with Crippen molar-refractivity contribution in [2.75, 3.05) is 4.81 Å². The van der Waals surface area contributed by atoms with Crippen LogP contribution in [0.2, 0.25) is 6.82 Å². The minimum Gasteiger partial charge on any atom is -0.290 e. The van der Waals surface area contributed by atoms with E-state index in [0.29, 0.717) is 12.8 Å². The van der Waals surface area contributed by atoms with Crippen molar-refractivity contribution in [2.24, 2.45) is 7.05 Å². The SMILES string of the molecule is CB1c2ccccc2C(C)=C(C)N1c1cc(C2CCCC2)c2ccccc2[n+]1C. The molecule has 2 heterocycles. The van der Waals surface area contributed by atoms with E-state index in [1.807, 2.05) is 0 Å². The summed E-state index contributed by atoms with van der Waals surface area (Å²) in [6.07, 6.45) is 5.37. The van der Waals surface area contributed by atoms with Gasteiger partial charge in [0.15, 0.2) is 0 Å². The first-order chi connectivity index (χ1) is 14.1. The monoisotopic (exact) mass is 381 g/mol. The van der Waals surface area contributed by atoms with Crippen LogP contribution in [0.25, 0.3) is 16.5 Å². The fraction of sp³-hybridized carbons (Fsp3) is 0.346. The number of fused-ring (bicyclic) bond motifs is 2. The number of hydrogen-bond acceptors (Lipinski definition) is 1. The summed E-state index contributed by atoms with van der Waals surface area (Å²) in [4.78, 5) is 2.56. The molecule has 0 N–H and O–H groups in total. The third-order valence-corrected chi connectivity index (χ3v) is 7.35. The van der Waals surface area contributed by atoms with Crippen LogP contribution in [-0.4, -0.2) is 6.85 Å². The Morgan fingerprint density at radius 2 is 1.66 bits per heavy atom. The number of hydrogen-bond donors (Lipinski definition) is 0. The molecule has 0 amide bonds. The topological polar surface area (TPSA) is 7.12 Å². The second-order valence-corrected chi connectivity index (χ2v) is 8.86. The molecule has 2 aromatic carbocycles. The smallest absolute Gasteiger partial charge is 0.290 e. The van der Waals surface area contributed by atoms with Gasteiger partial charge in [-0.1, -0.05) is 55.3 Å². The molecule has 1 aliphatic carbocycles. The van der Waals surface area contributed by atoms with E-state index in [2.05, 4.69) is 91.7 Å². The number of pyridine rings is 1. The summed E-state index contributed by atoms with van der Waals surface area (Å²) >= 11 is 0. The van der Waals surface area contributed by atoms with Gasteiger partial charge >= 0.3 is 6.85 Å². The quantitative estimate of drug-likeness (QED) is 0.425. The highest BCUT2D eigenvalue weighted by atomic mass is 15.2. The zero-order chi connectivity index (χ0) is 20.1. The van der Waals surface area contributed by atoms with Crippen LogP contribution < -0.4 is 14.8 Å². The average molecular weight is 381 g/mol. The van der Waals surface area contributed by atoms with Gasteiger partial charge in [0.1, 0.15) is 5.52 Å². The van der Waals surface area contributed by atoms with E-state index in [1.165, 1.54) is 64.7 Å². The molecule has 1 aliphatic heterocycles. The lowest BCUT2D eigenvalue weighted by Gasteiger charge is -2.32. The summed E-state index contributed by atoms with van der Waals surface area (Å²) in [5.41, 5.74) is 8.44. The van der Waals surface area contributed by atoms with Crippen LogP contribution in [0.5, 0.6) is 0 Å². The summed E-state index contributed by atoms with van der Waals surface area (Å²) in [5.74, 6) is 2.00. The summed E-state index contributed by atoms with van der Waals surface area (Å²) < 4.78 is 2.40. The van der Waals surface area contributed by atoms with Crippen LogP contribution in [0.4, 0.5) is 5.82 Å². The van der Waals surface area contributed by atoms with Gasteiger partial charge in [0, 0.05) is 11.5 Å². The van der Waals surface area contributed by atoms with E-state index in [9.17, 15) is 0 Å². The normalized spacial score (nSPS) is 17.4. The molecule has 0 radical (unpaired) electrons. The first-order valence-electron chi connectivity index (χ1n) is 11.1. The van der Waals surface area contributed by atoms with E-state index >= 15 is 0 Å². The third kappa shape index (κ3) is 2.82. The summed E-state index contributed by atoms with van der Waals surface area (Å²) in [5, 5.41) is 1.43. The molecule has 3 heteroatoms. The predicted octanol–water partition coefficient (Wildman–Crippen LogP) is 5.42. The van der Waals surface area contributed by atoms with Gasteiger partial charge in [-0.25, -0.2) is 4.57 Å². The number of aromatic nitrogens is 1. The van der Waals surface area contributed by atoms with Crippen molar-refractivity contribution in [1.29, 1.82) is 0 Å². The lowest BCUT2D eigenvalue weighted by atomic mass is 9.52. The largest absolute Gasteiger partial charge is 0.409 e. The molecule has 0 spiro atoms.